The van der Waals surface area contributed by atoms with Crippen LogP contribution in [0.2, 0.25) is 0 Å². The van der Waals surface area contributed by atoms with E-state index in [4.69, 9.17) is 11.6 Å². The summed E-state index contributed by atoms with van der Waals surface area (Å²) in [6, 6.07) is 8.37. The van der Waals surface area contributed by atoms with Crippen molar-refractivity contribution in [2.75, 3.05) is 19.0 Å². The molecule has 0 saturated heterocycles. The van der Waals surface area contributed by atoms with Crippen LogP contribution in [0.25, 0.3) is 10.9 Å². The maximum absolute atomic E-state index is 5.85. The van der Waals surface area contributed by atoms with Crippen LogP contribution in [0.5, 0.6) is 0 Å². The number of rotatable bonds is 6. The van der Waals surface area contributed by atoms with Crippen molar-refractivity contribution in [1.82, 2.24) is 14.7 Å². The number of fused-ring (bicyclic) bond motifs is 1. The summed E-state index contributed by atoms with van der Waals surface area (Å²) >= 11 is 5.85. The second kappa shape index (κ2) is 6.21. The van der Waals surface area contributed by atoms with Gasteiger partial charge in [0.05, 0.1) is 11.2 Å². The Hall–Kier alpha value is -1.06. The molecule has 0 bridgehead atoms. The third-order valence-electron chi connectivity index (χ3n) is 3.15. The quantitative estimate of drug-likeness (QED) is 0.749. The van der Waals surface area contributed by atoms with Gasteiger partial charge in [-0.15, -0.1) is 11.6 Å². The predicted octanol–water partition coefficient (Wildman–Crippen LogP) is 3.02. The molecule has 0 aliphatic carbocycles. The molecule has 0 radical (unpaired) electrons. The highest BCUT2D eigenvalue weighted by Gasteiger charge is 2.11. The number of halogens is 1. The lowest BCUT2D eigenvalue weighted by Gasteiger charge is -2.19. The lowest BCUT2D eigenvalue weighted by atomic mass is 10.2. The Kier molecular flexibility index (Phi) is 4.61. The Balaban J connectivity index is 2.24. The third kappa shape index (κ3) is 2.85. The second-order valence-electron chi connectivity index (χ2n) is 4.55. The fourth-order valence-corrected chi connectivity index (χ4v) is 2.56. The zero-order chi connectivity index (χ0) is 13.0. The molecule has 2 aromatic rings. The minimum Gasteiger partial charge on any atom is -0.296 e. The lowest BCUT2D eigenvalue weighted by molar-refractivity contribution is 0.279. The molecule has 0 unspecified atom stereocenters. The van der Waals surface area contributed by atoms with Crippen molar-refractivity contribution in [3.8, 4) is 0 Å². The molecule has 1 aromatic carbocycles. The summed E-state index contributed by atoms with van der Waals surface area (Å²) in [7, 11) is 2.00. The van der Waals surface area contributed by atoms with E-state index in [0.717, 1.165) is 31.7 Å². The summed E-state index contributed by atoms with van der Waals surface area (Å²) < 4.78 is 1.95. The molecule has 0 fully saturated rings. The van der Waals surface area contributed by atoms with Crippen molar-refractivity contribution >= 4 is 22.5 Å². The number of hydrogen-bond donors (Lipinski definition) is 0. The van der Waals surface area contributed by atoms with Gasteiger partial charge in [-0.05, 0) is 19.0 Å². The molecule has 3 nitrogen and oxygen atoms in total. The van der Waals surface area contributed by atoms with Gasteiger partial charge in [0, 0.05) is 31.4 Å². The van der Waals surface area contributed by atoms with Gasteiger partial charge < -0.3 is 0 Å². The first-order valence-corrected chi connectivity index (χ1v) is 6.98. The smallest absolute Gasteiger partial charge is 0.0843 e. The first-order chi connectivity index (χ1) is 8.76. The molecule has 0 amide bonds. The molecule has 0 atom stereocenters. The van der Waals surface area contributed by atoms with E-state index in [1.54, 1.807) is 0 Å². The van der Waals surface area contributed by atoms with Gasteiger partial charge in [-0.2, -0.15) is 5.10 Å². The van der Waals surface area contributed by atoms with E-state index in [1.807, 2.05) is 11.7 Å². The molecule has 4 heteroatoms. The van der Waals surface area contributed by atoms with Gasteiger partial charge >= 0.3 is 0 Å². The molecule has 98 valence electrons. The highest BCUT2D eigenvalue weighted by molar-refractivity contribution is 6.18. The van der Waals surface area contributed by atoms with E-state index in [0.29, 0.717) is 5.88 Å². The first kappa shape index (κ1) is 13.4. The Morgan fingerprint density at radius 2 is 2.06 bits per heavy atom. The SMILES string of the molecule is CCCN(CCCl)Cc1nn(C)c2ccccc12. The number of para-hydroxylation sites is 1. The summed E-state index contributed by atoms with van der Waals surface area (Å²) in [5.74, 6) is 0.671. The van der Waals surface area contributed by atoms with E-state index < -0.39 is 0 Å². The van der Waals surface area contributed by atoms with Gasteiger partial charge in [-0.3, -0.25) is 9.58 Å². The number of alkyl halides is 1. The summed E-state index contributed by atoms with van der Waals surface area (Å²) in [5, 5.41) is 5.87. The van der Waals surface area contributed by atoms with Gasteiger partial charge in [0.25, 0.3) is 0 Å². The third-order valence-corrected chi connectivity index (χ3v) is 3.32. The topological polar surface area (TPSA) is 21.1 Å². The minimum atomic E-state index is 0.671. The molecule has 2 rings (SSSR count). The molecule has 0 aliphatic rings. The fourth-order valence-electron chi connectivity index (χ4n) is 2.32. The second-order valence-corrected chi connectivity index (χ2v) is 4.93. The van der Waals surface area contributed by atoms with Crippen LogP contribution in [0.4, 0.5) is 0 Å². The molecular formula is C14H20ClN3. The Morgan fingerprint density at radius 1 is 1.28 bits per heavy atom. The first-order valence-electron chi connectivity index (χ1n) is 6.45. The summed E-state index contributed by atoms with van der Waals surface area (Å²) in [5.41, 5.74) is 2.33. The van der Waals surface area contributed by atoms with Crippen LogP contribution < -0.4 is 0 Å². The Morgan fingerprint density at radius 3 is 2.78 bits per heavy atom. The van der Waals surface area contributed by atoms with Gasteiger partial charge in [0.15, 0.2) is 0 Å². The van der Waals surface area contributed by atoms with Crippen molar-refractivity contribution in [2.45, 2.75) is 19.9 Å². The monoisotopic (exact) mass is 265 g/mol. The van der Waals surface area contributed by atoms with Crippen molar-refractivity contribution in [1.29, 1.82) is 0 Å². The van der Waals surface area contributed by atoms with E-state index >= 15 is 0 Å². The summed E-state index contributed by atoms with van der Waals surface area (Å²) in [6.07, 6.45) is 1.14. The standard InChI is InChI=1S/C14H20ClN3/c1-3-9-18(10-8-15)11-13-12-6-4-5-7-14(12)17(2)16-13/h4-7H,3,8-11H2,1-2H3. The molecule has 18 heavy (non-hydrogen) atoms. The number of nitrogens with zero attached hydrogens (tertiary/aromatic N) is 3. The largest absolute Gasteiger partial charge is 0.296 e. The van der Waals surface area contributed by atoms with Crippen LogP contribution in [0.3, 0.4) is 0 Å². The molecular weight excluding hydrogens is 246 g/mol. The van der Waals surface area contributed by atoms with Gasteiger partial charge in [0.1, 0.15) is 0 Å². The molecule has 0 spiro atoms. The van der Waals surface area contributed by atoms with Crippen molar-refractivity contribution in [3.63, 3.8) is 0 Å². The van der Waals surface area contributed by atoms with Crippen LogP contribution in [-0.2, 0) is 13.6 Å². The van der Waals surface area contributed by atoms with E-state index in [-0.39, 0.29) is 0 Å². The van der Waals surface area contributed by atoms with E-state index in [9.17, 15) is 0 Å². The van der Waals surface area contributed by atoms with Gasteiger partial charge in [0.2, 0.25) is 0 Å². The van der Waals surface area contributed by atoms with Crippen molar-refractivity contribution in [2.24, 2.45) is 7.05 Å². The van der Waals surface area contributed by atoms with Crippen molar-refractivity contribution in [3.05, 3.63) is 30.0 Å². The molecule has 1 heterocycles. The van der Waals surface area contributed by atoms with Gasteiger partial charge in [-0.1, -0.05) is 25.1 Å². The minimum absolute atomic E-state index is 0.671. The Labute approximate surface area is 113 Å². The maximum atomic E-state index is 5.85. The van der Waals surface area contributed by atoms with Crippen molar-refractivity contribution < 1.29 is 0 Å². The predicted molar refractivity (Wildman–Crippen MR) is 77.0 cm³/mol. The molecule has 0 saturated carbocycles. The summed E-state index contributed by atoms with van der Waals surface area (Å²) in [6.45, 7) is 5.05. The Bertz CT molecular complexity index is 501. The number of benzene rings is 1. The highest BCUT2D eigenvalue weighted by atomic mass is 35.5. The average molecular weight is 266 g/mol. The number of hydrogen-bond acceptors (Lipinski definition) is 2. The number of aromatic nitrogens is 2. The van der Waals surface area contributed by atoms with E-state index in [1.165, 1.54) is 10.9 Å². The average Bonchev–Trinajstić information content (AvgIpc) is 2.68. The normalized spacial score (nSPS) is 11.6. The molecule has 1 aromatic heterocycles. The van der Waals surface area contributed by atoms with Gasteiger partial charge in [-0.25, -0.2) is 0 Å². The maximum Gasteiger partial charge on any atom is 0.0843 e. The van der Waals surface area contributed by atoms with Crippen LogP contribution in [0.15, 0.2) is 24.3 Å². The fraction of sp³-hybridized carbons (Fsp3) is 0.500. The van der Waals surface area contributed by atoms with Crippen LogP contribution >= 0.6 is 11.6 Å². The van der Waals surface area contributed by atoms with E-state index in [2.05, 4.69) is 41.2 Å². The summed E-state index contributed by atoms with van der Waals surface area (Å²) in [4.78, 5) is 2.36. The zero-order valence-corrected chi connectivity index (χ0v) is 11.8. The zero-order valence-electron chi connectivity index (χ0n) is 11.1. The van der Waals surface area contributed by atoms with Crippen LogP contribution in [-0.4, -0.2) is 33.6 Å². The molecule has 0 aliphatic heterocycles. The molecule has 0 N–H and O–H groups in total. The van der Waals surface area contributed by atoms with Crippen LogP contribution in [0, 0.1) is 0 Å². The van der Waals surface area contributed by atoms with Crippen LogP contribution in [0.1, 0.15) is 19.0 Å². The lowest BCUT2D eigenvalue weighted by Crippen LogP contribution is -2.26. The number of aryl methyl sites for hydroxylation is 1. The highest BCUT2D eigenvalue weighted by Crippen LogP contribution is 2.18.